The monoisotopic (exact) mass is 260 g/mol. The molecule has 2 aromatic carbocycles. The molecule has 3 aromatic rings. The number of hydrogen-bond donors (Lipinski definition) is 1. The van der Waals surface area contributed by atoms with Gasteiger partial charge in [0.15, 0.2) is 0 Å². The predicted octanol–water partition coefficient (Wildman–Crippen LogP) is 3.85. The minimum atomic E-state index is 0.193. The molecular weight excluding hydrogens is 244 g/mol. The third-order valence-electron chi connectivity index (χ3n) is 4.25. The second-order valence-corrected chi connectivity index (χ2v) is 5.39. The molecule has 1 aliphatic rings. The summed E-state index contributed by atoms with van der Waals surface area (Å²) in [5.41, 5.74) is 12.5. The van der Waals surface area contributed by atoms with Crippen molar-refractivity contribution in [1.82, 2.24) is 4.98 Å². The summed E-state index contributed by atoms with van der Waals surface area (Å²) in [6, 6.07) is 17.2. The Hall–Kier alpha value is -2.19. The Labute approximate surface area is 118 Å². The number of rotatable bonds is 1. The van der Waals surface area contributed by atoms with Crippen LogP contribution in [0.25, 0.3) is 22.0 Å². The first-order valence-corrected chi connectivity index (χ1v) is 7.06. The molecule has 0 saturated carbocycles. The predicted molar refractivity (Wildman–Crippen MR) is 82.4 cm³/mol. The Morgan fingerprint density at radius 1 is 0.950 bits per heavy atom. The summed E-state index contributed by atoms with van der Waals surface area (Å²) in [6.45, 7) is 0. The molecule has 0 saturated heterocycles. The van der Waals surface area contributed by atoms with Crippen LogP contribution >= 0.6 is 0 Å². The van der Waals surface area contributed by atoms with E-state index in [0.29, 0.717) is 0 Å². The second kappa shape index (κ2) is 4.43. The van der Waals surface area contributed by atoms with Gasteiger partial charge in [-0.25, -0.2) is 0 Å². The van der Waals surface area contributed by atoms with Crippen molar-refractivity contribution in [3.05, 3.63) is 65.9 Å². The van der Waals surface area contributed by atoms with E-state index in [9.17, 15) is 0 Å². The summed E-state index contributed by atoms with van der Waals surface area (Å²) in [5.74, 6) is 0. The molecule has 1 aromatic heterocycles. The van der Waals surface area contributed by atoms with E-state index >= 15 is 0 Å². The van der Waals surface area contributed by atoms with Gasteiger partial charge in [0.25, 0.3) is 0 Å². The third kappa shape index (κ3) is 1.65. The molecule has 0 amide bonds. The van der Waals surface area contributed by atoms with Gasteiger partial charge in [0.2, 0.25) is 0 Å². The Kier molecular flexibility index (Phi) is 2.57. The zero-order chi connectivity index (χ0) is 13.5. The van der Waals surface area contributed by atoms with Gasteiger partial charge >= 0.3 is 0 Å². The lowest BCUT2D eigenvalue weighted by molar-refractivity contribution is 0.713. The molecule has 1 atom stereocenters. The Morgan fingerprint density at radius 3 is 2.75 bits per heavy atom. The summed E-state index contributed by atoms with van der Waals surface area (Å²) in [7, 11) is 0. The smallest absolute Gasteiger partial charge is 0.0708 e. The fourth-order valence-electron chi connectivity index (χ4n) is 3.28. The minimum absolute atomic E-state index is 0.193. The van der Waals surface area contributed by atoms with Crippen molar-refractivity contribution in [1.29, 1.82) is 0 Å². The first-order chi connectivity index (χ1) is 9.84. The van der Waals surface area contributed by atoms with E-state index in [1.54, 1.807) is 0 Å². The van der Waals surface area contributed by atoms with Crippen LogP contribution in [0.15, 0.2) is 54.7 Å². The first kappa shape index (κ1) is 11.6. The molecule has 1 aliphatic carbocycles. The van der Waals surface area contributed by atoms with Crippen molar-refractivity contribution >= 4 is 10.9 Å². The van der Waals surface area contributed by atoms with E-state index in [1.807, 2.05) is 12.3 Å². The second-order valence-electron chi connectivity index (χ2n) is 5.39. The standard InChI is InChI=1S/C18H16N2/c19-17-10-9-14-12(4-1-6-15(14)17)13-5-2-8-18-16(13)7-3-11-20-18/h1-8,11,17H,9-10,19H2. The lowest BCUT2D eigenvalue weighted by Gasteiger charge is -2.12. The molecule has 2 nitrogen and oxygen atoms in total. The van der Waals surface area contributed by atoms with Crippen molar-refractivity contribution in [2.45, 2.75) is 18.9 Å². The number of fused-ring (bicyclic) bond motifs is 2. The summed E-state index contributed by atoms with van der Waals surface area (Å²) in [4.78, 5) is 4.45. The topological polar surface area (TPSA) is 38.9 Å². The van der Waals surface area contributed by atoms with Crippen LogP contribution < -0.4 is 5.73 Å². The van der Waals surface area contributed by atoms with Gasteiger partial charge in [0, 0.05) is 17.6 Å². The van der Waals surface area contributed by atoms with E-state index in [2.05, 4.69) is 47.4 Å². The van der Waals surface area contributed by atoms with Crippen molar-refractivity contribution in [2.75, 3.05) is 0 Å². The van der Waals surface area contributed by atoms with Gasteiger partial charge in [-0.05, 0) is 47.2 Å². The van der Waals surface area contributed by atoms with Crippen LogP contribution in [-0.4, -0.2) is 4.98 Å². The highest BCUT2D eigenvalue weighted by Gasteiger charge is 2.22. The molecule has 1 heterocycles. The van der Waals surface area contributed by atoms with Crippen LogP contribution in [-0.2, 0) is 6.42 Å². The number of pyridine rings is 1. The molecule has 1 unspecified atom stereocenters. The molecule has 2 N–H and O–H groups in total. The van der Waals surface area contributed by atoms with Crippen LogP contribution in [0.4, 0.5) is 0 Å². The SMILES string of the molecule is NC1CCc2c(-c3cccc4ncccc34)cccc21. The summed E-state index contributed by atoms with van der Waals surface area (Å²) in [5, 5.41) is 1.21. The Balaban J connectivity index is 2.02. The lowest BCUT2D eigenvalue weighted by atomic mass is 9.94. The number of nitrogens with two attached hydrogens (primary N) is 1. The van der Waals surface area contributed by atoms with Gasteiger partial charge in [0.05, 0.1) is 5.52 Å². The first-order valence-electron chi connectivity index (χ1n) is 7.06. The van der Waals surface area contributed by atoms with Crippen molar-refractivity contribution in [3.63, 3.8) is 0 Å². The Bertz CT molecular complexity index is 787. The third-order valence-corrected chi connectivity index (χ3v) is 4.25. The van der Waals surface area contributed by atoms with Gasteiger partial charge in [-0.1, -0.05) is 36.4 Å². The van der Waals surface area contributed by atoms with Gasteiger partial charge in [-0.15, -0.1) is 0 Å². The maximum atomic E-state index is 6.19. The van der Waals surface area contributed by atoms with E-state index in [0.717, 1.165) is 18.4 Å². The van der Waals surface area contributed by atoms with Crippen LogP contribution in [0.5, 0.6) is 0 Å². The summed E-state index contributed by atoms with van der Waals surface area (Å²) >= 11 is 0. The largest absolute Gasteiger partial charge is 0.324 e. The zero-order valence-electron chi connectivity index (χ0n) is 11.2. The minimum Gasteiger partial charge on any atom is -0.324 e. The molecular formula is C18H16N2. The van der Waals surface area contributed by atoms with Gasteiger partial charge in [-0.2, -0.15) is 0 Å². The van der Waals surface area contributed by atoms with E-state index < -0.39 is 0 Å². The Morgan fingerprint density at radius 2 is 1.80 bits per heavy atom. The number of benzene rings is 2. The normalized spacial score (nSPS) is 17.4. The number of hydrogen-bond acceptors (Lipinski definition) is 2. The van der Waals surface area contributed by atoms with E-state index in [4.69, 9.17) is 5.73 Å². The molecule has 98 valence electrons. The molecule has 0 radical (unpaired) electrons. The van der Waals surface area contributed by atoms with E-state index in [1.165, 1.54) is 27.6 Å². The highest BCUT2D eigenvalue weighted by Crippen LogP contribution is 2.38. The molecule has 20 heavy (non-hydrogen) atoms. The molecule has 4 rings (SSSR count). The van der Waals surface area contributed by atoms with Crippen molar-refractivity contribution in [3.8, 4) is 11.1 Å². The highest BCUT2D eigenvalue weighted by molar-refractivity contribution is 5.95. The summed E-state index contributed by atoms with van der Waals surface area (Å²) < 4.78 is 0. The summed E-state index contributed by atoms with van der Waals surface area (Å²) in [6.07, 6.45) is 3.97. The molecule has 0 spiro atoms. The fraction of sp³-hybridized carbons (Fsp3) is 0.167. The van der Waals surface area contributed by atoms with E-state index in [-0.39, 0.29) is 6.04 Å². The molecule has 2 heteroatoms. The number of nitrogens with zero attached hydrogens (tertiary/aromatic N) is 1. The van der Waals surface area contributed by atoms with Crippen LogP contribution in [0, 0.1) is 0 Å². The average molecular weight is 260 g/mol. The average Bonchev–Trinajstić information content (AvgIpc) is 2.88. The van der Waals surface area contributed by atoms with Gasteiger partial charge in [0.1, 0.15) is 0 Å². The van der Waals surface area contributed by atoms with Crippen molar-refractivity contribution < 1.29 is 0 Å². The van der Waals surface area contributed by atoms with Crippen LogP contribution in [0.1, 0.15) is 23.6 Å². The molecule has 0 aliphatic heterocycles. The molecule has 0 bridgehead atoms. The van der Waals surface area contributed by atoms with Crippen LogP contribution in [0.3, 0.4) is 0 Å². The maximum absolute atomic E-state index is 6.19. The fourth-order valence-corrected chi connectivity index (χ4v) is 3.28. The van der Waals surface area contributed by atoms with Gasteiger partial charge < -0.3 is 5.73 Å². The van der Waals surface area contributed by atoms with Gasteiger partial charge in [-0.3, -0.25) is 4.98 Å². The van der Waals surface area contributed by atoms with Crippen molar-refractivity contribution in [2.24, 2.45) is 5.73 Å². The quantitative estimate of drug-likeness (QED) is 0.721. The number of aromatic nitrogens is 1. The zero-order valence-corrected chi connectivity index (χ0v) is 11.2. The maximum Gasteiger partial charge on any atom is 0.0708 e. The lowest BCUT2D eigenvalue weighted by Crippen LogP contribution is -2.04. The highest BCUT2D eigenvalue weighted by atomic mass is 14.7. The van der Waals surface area contributed by atoms with Crippen LogP contribution in [0.2, 0.25) is 0 Å². The molecule has 0 fully saturated rings.